The van der Waals surface area contributed by atoms with Crippen LogP contribution in [0.4, 0.5) is 10.3 Å². The molecule has 2 aliphatic heterocycles. The Morgan fingerprint density at radius 2 is 1.97 bits per heavy atom. The molecule has 5 rings (SSSR count). The highest BCUT2D eigenvalue weighted by molar-refractivity contribution is 8.13. The van der Waals surface area contributed by atoms with Crippen molar-refractivity contribution in [3.05, 3.63) is 47.4 Å². The molecule has 32 heavy (non-hydrogen) atoms. The molecular weight excluding hydrogens is 429 g/mol. The van der Waals surface area contributed by atoms with Gasteiger partial charge in [-0.05, 0) is 37.8 Å². The summed E-state index contributed by atoms with van der Waals surface area (Å²) in [7, 11) is 0. The molecule has 1 aromatic heterocycles. The second-order valence-corrected chi connectivity index (χ2v) is 9.85. The van der Waals surface area contributed by atoms with Gasteiger partial charge in [-0.3, -0.25) is 9.79 Å². The first-order chi connectivity index (χ1) is 15.5. The number of nitrogens with one attached hydrogen (secondary N) is 1. The number of amidine groups is 1. The number of aryl methyl sites for hydroxylation is 1. The molecule has 1 aliphatic carbocycles. The van der Waals surface area contributed by atoms with Crippen LogP contribution in [0.25, 0.3) is 0 Å². The molecular formula is C23H26FN5O2S. The molecule has 9 heteroatoms. The normalized spacial score (nSPS) is 25.5. The number of rotatable bonds is 3. The van der Waals surface area contributed by atoms with E-state index in [9.17, 15) is 14.3 Å². The Bertz CT molecular complexity index is 1040. The summed E-state index contributed by atoms with van der Waals surface area (Å²) in [4.78, 5) is 28.2. The first-order valence-corrected chi connectivity index (χ1v) is 12.0. The Hall–Kier alpha value is -2.68. The zero-order valence-corrected chi connectivity index (χ0v) is 18.7. The number of hydrogen-bond donors (Lipinski definition) is 2. The van der Waals surface area contributed by atoms with Gasteiger partial charge < -0.3 is 15.3 Å². The van der Waals surface area contributed by atoms with E-state index < -0.39 is 11.7 Å². The van der Waals surface area contributed by atoms with E-state index in [2.05, 4.69) is 15.3 Å². The number of benzene rings is 1. The first-order valence-electron chi connectivity index (χ1n) is 11.0. The Balaban J connectivity index is 1.45. The van der Waals surface area contributed by atoms with Gasteiger partial charge in [0.15, 0.2) is 5.17 Å². The van der Waals surface area contributed by atoms with E-state index in [1.165, 1.54) is 19.8 Å². The van der Waals surface area contributed by atoms with Crippen LogP contribution in [0.5, 0.6) is 5.88 Å². The third-order valence-corrected chi connectivity index (χ3v) is 7.95. The minimum Gasteiger partial charge on any atom is -0.491 e. The number of aliphatic imine (C=N–C) groups is 1. The highest BCUT2D eigenvalue weighted by Gasteiger charge is 2.54. The van der Waals surface area contributed by atoms with Gasteiger partial charge in [-0.1, -0.05) is 42.8 Å². The SMILES string of the molecule is Cc1nc(N2C[C@H]3CSC(NC(=O)c4ccccc4)=N[C@@]3(C3CCCC3)C2)nc(O)c1F. The van der Waals surface area contributed by atoms with Crippen molar-refractivity contribution >= 4 is 28.8 Å². The Morgan fingerprint density at radius 3 is 2.69 bits per heavy atom. The number of amides is 1. The van der Waals surface area contributed by atoms with Crippen LogP contribution in [0.1, 0.15) is 41.7 Å². The van der Waals surface area contributed by atoms with Gasteiger partial charge in [-0.25, -0.2) is 4.98 Å². The lowest BCUT2D eigenvalue weighted by atomic mass is 9.76. The monoisotopic (exact) mass is 455 g/mol. The summed E-state index contributed by atoms with van der Waals surface area (Å²) in [6.45, 7) is 2.82. The van der Waals surface area contributed by atoms with E-state index >= 15 is 0 Å². The Morgan fingerprint density at radius 1 is 1.22 bits per heavy atom. The van der Waals surface area contributed by atoms with E-state index in [1.807, 2.05) is 23.1 Å². The molecule has 0 spiro atoms. The molecule has 1 saturated carbocycles. The van der Waals surface area contributed by atoms with E-state index in [0.29, 0.717) is 35.7 Å². The molecule has 2 N–H and O–H groups in total. The first kappa shape index (κ1) is 21.2. The van der Waals surface area contributed by atoms with Crippen LogP contribution < -0.4 is 10.2 Å². The summed E-state index contributed by atoms with van der Waals surface area (Å²) in [5, 5.41) is 13.6. The molecule has 1 saturated heterocycles. The number of hydrogen-bond acceptors (Lipinski definition) is 7. The largest absolute Gasteiger partial charge is 0.491 e. The van der Waals surface area contributed by atoms with E-state index in [-0.39, 0.29) is 23.1 Å². The highest BCUT2D eigenvalue weighted by Crippen LogP contribution is 2.49. The van der Waals surface area contributed by atoms with Crippen LogP contribution in [0.2, 0.25) is 0 Å². The van der Waals surface area contributed by atoms with Crippen molar-refractivity contribution in [2.45, 2.75) is 38.1 Å². The van der Waals surface area contributed by atoms with Crippen molar-refractivity contribution in [2.75, 3.05) is 23.7 Å². The highest BCUT2D eigenvalue weighted by atomic mass is 32.2. The standard InChI is InChI=1S/C23H26FN5O2S/c1-14-18(24)20(31)26-21(25-14)29-11-17-12-32-22(27-19(30)15-7-3-2-4-8-15)28-23(17,13-29)16-9-5-6-10-16/h2-4,7-8,16-17H,5-6,9-13H2,1H3,(H,25,26,31)(H,27,28,30)/t17-,23+/m0/s1. The molecule has 7 nitrogen and oxygen atoms in total. The zero-order chi connectivity index (χ0) is 22.3. The quantitative estimate of drug-likeness (QED) is 0.736. The lowest BCUT2D eigenvalue weighted by molar-refractivity contribution is 0.0977. The van der Waals surface area contributed by atoms with Gasteiger partial charge in [-0.15, -0.1) is 0 Å². The number of nitrogens with zero attached hydrogens (tertiary/aromatic N) is 4. The molecule has 0 radical (unpaired) electrons. The number of halogens is 1. The summed E-state index contributed by atoms with van der Waals surface area (Å²) in [5.41, 5.74) is 0.389. The number of thioether (sulfide) groups is 1. The lowest BCUT2D eigenvalue weighted by Crippen LogP contribution is -2.49. The maximum Gasteiger partial charge on any atom is 0.257 e. The van der Waals surface area contributed by atoms with Crippen LogP contribution in [0, 0.1) is 24.6 Å². The summed E-state index contributed by atoms with van der Waals surface area (Å²) < 4.78 is 13.9. The van der Waals surface area contributed by atoms with E-state index in [0.717, 1.165) is 18.6 Å². The molecule has 168 valence electrons. The fourth-order valence-corrected chi connectivity index (χ4v) is 6.43. The summed E-state index contributed by atoms with van der Waals surface area (Å²) in [6.07, 6.45) is 4.57. The summed E-state index contributed by atoms with van der Waals surface area (Å²) >= 11 is 1.57. The smallest absolute Gasteiger partial charge is 0.257 e. The van der Waals surface area contributed by atoms with Gasteiger partial charge in [0.1, 0.15) is 0 Å². The average Bonchev–Trinajstić information content (AvgIpc) is 3.46. The predicted molar refractivity (Wildman–Crippen MR) is 123 cm³/mol. The van der Waals surface area contributed by atoms with Crippen LogP contribution in [0.15, 0.2) is 35.3 Å². The van der Waals surface area contributed by atoms with Crippen LogP contribution in [-0.2, 0) is 0 Å². The maximum absolute atomic E-state index is 13.9. The van der Waals surface area contributed by atoms with E-state index in [4.69, 9.17) is 4.99 Å². The fourth-order valence-electron chi connectivity index (χ4n) is 5.27. The molecule has 2 fully saturated rings. The van der Waals surface area contributed by atoms with Crippen molar-refractivity contribution in [1.82, 2.24) is 15.3 Å². The van der Waals surface area contributed by atoms with Crippen molar-refractivity contribution in [3.8, 4) is 5.88 Å². The van der Waals surface area contributed by atoms with Crippen LogP contribution >= 0.6 is 11.8 Å². The lowest BCUT2D eigenvalue weighted by Gasteiger charge is -2.39. The van der Waals surface area contributed by atoms with Gasteiger partial charge in [0, 0.05) is 30.3 Å². The summed E-state index contributed by atoms with van der Waals surface area (Å²) in [5.74, 6) is 0.285. The average molecular weight is 456 g/mol. The maximum atomic E-state index is 13.9. The van der Waals surface area contributed by atoms with E-state index in [1.54, 1.807) is 23.9 Å². The van der Waals surface area contributed by atoms with Gasteiger partial charge >= 0.3 is 0 Å². The van der Waals surface area contributed by atoms with Crippen LogP contribution in [0.3, 0.4) is 0 Å². The number of aromatic hydroxyl groups is 1. The van der Waals surface area contributed by atoms with Gasteiger partial charge in [-0.2, -0.15) is 9.37 Å². The topological polar surface area (TPSA) is 90.7 Å². The molecule has 0 bridgehead atoms. The van der Waals surface area contributed by atoms with Crippen LogP contribution in [-0.4, -0.2) is 50.5 Å². The number of carbonyl (C=O) groups is 1. The van der Waals surface area contributed by atoms with Gasteiger partial charge in [0.05, 0.1) is 11.2 Å². The predicted octanol–water partition coefficient (Wildman–Crippen LogP) is 3.53. The molecule has 3 heterocycles. The molecule has 1 amide bonds. The molecule has 3 aliphatic rings. The Kier molecular flexibility index (Phi) is 5.53. The molecule has 2 aromatic rings. The fraction of sp³-hybridized carbons (Fsp3) is 0.478. The minimum atomic E-state index is -0.782. The molecule has 1 aromatic carbocycles. The van der Waals surface area contributed by atoms with Gasteiger partial charge in [0.25, 0.3) is 11.8 Å². The van der Waals surface area contributed by atoms with Crippen molar-refractivity contribution in [3.63, 3.8) is 0 Å². The van der Waals surface area contributed by atoms with Crippen molar-refractivity contribution in [2.24, 2.45) is 16.8 Å². The third kappa shape index (κ3) is 3.72. The zero-order valence-electron chi connectivity index (χ0n) is 17.9. The number of aromatic nitrogens is 2. The summed E-state index contributed by atoms with van der Waals surface area (Å²) in [6, 6.07) is 9.15. The van der Waals surface area contributed by atoms with Crippen molar-refractivity contribution in [1.29, 1.82) is 0 Å². The molecule has 0 unspecified atom stereocenters. The van der Waals surface area contributed by atoms with Gasteiger partial charge in [0.2, 0.25) is 11.8 Å². The minimum absolute atomic E-state index is 0.131. The number of anilines is 1. The second-order valence-electron chi connectivity index (χ2n) is 8.84. The Labute approximate surface area is 190 Å². The number of carbonyl (C=O) groups excluding carboxylic acids is 1. The number of fused-ring (bicyclic) bond motifs is 1. The van der Waals surface area contributed by atoms with Crippen molar-refractivity contribution < 1.29 is 14.3 Å². The third-order valence-electron chi connectivity index (χ3n) is 6.91. The molecule has 2 atom stereocenters. The second kappa shape index (κ2) is 8.35.